The average Bonchev–Trinajstić information content (AvgIpc) is 2.80. The van der Waals surface area contributed by atoms with Gasteiger partial charge in [0.15, 0.2) is 0 Å². The Bertz CT molecular complexity index is 673. The number of rotatable bonds is 3. The van der Waals surface area contributed by atoms with Gasteiger partial charge in [-0.2, -0.15) is 0 Å². The zero-order valence-corrected chi connectivity index (χ0v) is 11.7. The van der Waals surface area contributed by atoms with Gasteiger partial charge in [0.2, 0.25) is 0 Å². The summed E-state index contributed by atoms with van der Waals surface area (Å²) in [6.07, 6.45) is 5.17. The van der Waals surface area contributed by atoms with Gasteiger partial charge in [0.05, 0.1) is 11.3 Å². The molecule has 102 valence electrons. The molecule has 1 N–H and O–H groups in total. The number of allylic oxidation sites excluding steroid dienone is 1. The number of aromatic nitrogens is 1. The van der Waals surface area contributed by atoms with Crippen LogP contribution in [0.1, 0.15) is 27.9 Å². The summed E-state index contributed by atoms with van der Waals surface area (Å²) in [4.78, 5) is 16.4. The Balaban J connectivity index is 1.78. The van der Waals surface area contributed by atoms with E-state index in [1.54, 1.807) is 23.5 Å². The van der Waals surface area contributed by atoms with E-state index in [4.69, 9.17) is 9.84 Å². The number of nitrogens with zero attached hydrogens (tertiary/aromatic N) is 1. The smallest absolute Gasteiger partial charge is 0.335 e. The Morgan fingerprint density at radius 1 is 1.40 bits per heavy atom. The molecule has 0 saturated carbocycles. The second kappa shape index (κ2) is 5.09. The maximum Gasteiger partial charge on any atom is 0.335 e. The molecule has 0 bridgehead atoms. The van der Waals surface area contributed by atoms with Crippen molar-refractivity contribution < 1.29 is 14.6 Å². The van der Waals surface area contributed by atoms with Crippen molar-refractivity contribution in [2.45, 2.75) is 13.3 Å². The Hall–Kier alpha value is -2.14. The Labute approximate surface area is 120 Å². The molecule has 5 heteroatoms. The zero-order valence-electron chi connectivity index (χ0n) is 10.9. The van der Waals surface area contributed by atoms with Crippen LogP contribution < -0.4 is 4.74 Å². The largest absolute Gasteiger partial charge is 0.478 e. The van der Waals surface area contributed by atoms with Crippen LogP contribution in [0.15, 0.2) is 30.3 Å². The molecule has 1 aromatic carbocycles. The summed E-state index contributed by atoms with van der Waals surface area (Å²) < 4.78 is 5.68. The van der Waals surface area contributed by atoms with Gasteiger partial charge in [-0.1, -0.05) is 24.3 Å². The fourth-order valence-electron chi connectivity index (χ4n) is 2.04. The van der Waals surface area contributed by atoms with Crippen molar-refractivity contribution in [3.63, 3.8) is 0 Å². The van der Waals surface area contributed by atoms with Gasteiger partial charge in [-0.3, -0.25) is 0 Å². The predicted molar refractivity (Wildman–Crippen MR) is 77.5 cm³/mol. The molecule has 0 aliphatic heterocycles. The third-order valence-electron chi connectivity index (χ3n) is 3.10. The summed E-state index contributed by atoms with van der Waals surface area (Å²) in [7, 11) is 0. The van der Waals surface area contributed by atoms with Gasteiger partial charge >= 0.3 is 5.97 Å². The first kappa shape index (κ1) is 12.9. The normalized spacial score (nSPS) is 16.8. The van der Waals surface area contributed by atoms with Crippen molar-refractivity contribution in [1.82, 2.24) is 4.98 Å². The van der Waals surface area contributed by atoms with Crippen LogP contribution in [-0.2, 0) is 6.42 Å². The minimum atomic E-state index is -0.944. The lowest BCUT2D eigenvalue weighted by atomic mass is 10.0. The topological polar surface area (TPSA) is 59.4 Å². The molecule has 1 aromatic heterocycles. The highest BCUT2D eigenvalue weighted by Gasteiger charge is 2.16. The van der Waals surface area contributed by atoms with Crippen molar-refractivity contribution in [1.29, 1.82) is 0 Å². The average molecular weight is 287 g/mol. The molecule has 2 aromatic rings. The van der Waals surface area contributed by atoms with E-state index in [-0.39, 0.29) is 5.56 Å². The minimum Gasteiger partial charge on any atom is -0.478 e. The molecule has 20 heavy (non-hydrogen) atoms. The summed E-state index contributed by atoms with van der Waals surface area (Å²) in [5, 5.41) is 9.44. The molecule has 0 radical (unpaired) electrons. The van der Waals surface area contributed by atoms with E-state index in [1.165, 1.54) is 17.0 Å². The Kier molecular flexibility index (Phi) is 3.28. The number of hydrogen-bond acceptors (Lipinski definition) is 4. The lowest BCUT2D eigenvalue weighted by molar-refractivity contribution is 0.0697. The van der Waals surface area contributed by atoms with Crippen LogP contribution >= 0.6 is 11.3 Å². The SMILES string of the molecule is CC1C=Cc2nc(Oc3ccc(C(=O)O)cc3)sc2C1. The first-order valence-corrected chi connectivity index (χ1v) is 7.12. The zero-order chi connectivity index (χ0) is 14.1. The second-order valence-electron chi connectivity index (χ2n) is 4.76. The summed E-state index contributed by atoms with van der Waals surface area (Å²) in [6, 6.07) is 6.32. The van der Waals surface area contributed by atoms with E-state index < -0.39 is 5.97 Å². The predicted octanol–water partition coefficient (Wildman–Crippen LogP) is 3.84. The van der Waals surface area contributed by atoms with E-state index in [2.05, 4.69) is 18.0 Å². The maximum absolute atomic E-state index is 10.8. The van der Waals surface area contributed by atoms with Crippen LogP contribution in [0.5, 0.6) is 10.9 Å². The van der Waals surface area contributed by atoms with Gasteiger partial charge in [-0.05, 0) is 42.7 Å². The standard InChI is InChI=1S/C15H13NO3S/c1-9-2-7-12-13(8-9)20-15(16-12)19-11-5-3-10(4-6-11)14(17)18/h2-7,9H,8H2,1H3,(H,17,18). The van der Waals surface area contributed by atoms with Crippen molar-refractivity contribution in [3.05, 3.63) is 46.5 Å². The number of aromatic carboxylic acids is 1. The van der Waals surface area contributed by atoms with E-state index in [9.17, 15) is 4.79 Å². The van der Waals surface area contributed by atoms with Gasteiger partial charge in [0.1, 0.15) is 5.75 Å². The molecule has 0 saturated heterocycles. The van der Waals surface area contributed by atoms with Crippen LogP contribution in [0.4, 0.5) is 0 Å². The Morgan fingerprint density at radius 2 is 2.15 bits per heavy atom. The van der Waals surface area contributed by atoms with Crippen molar-refractivity contribution in [2.24, 2.45) is 5.92 Å². The lowest BCUT2D eigenvalue weighted by Crippen LogP contribution is -1.99. The summed E-state index contributed by atoms with van der Waals surface area (Å²) >= 11 is 1.54. The molecule has 3 rings (SSSR count). The fourth-order valence-corrected chi connectivity index (χ4v) is 3.10. The van der Waals surface area contributed by atoms with E-state index >= 15 is 0 Å². The number of fused-ring (bicyclic) bond motifs is 1. The fraction of sp³-hybridized carbons (Fsp3) is 0.200. The summed E-state index contributed by atoms with van der Waals surface area (Å²) in [5.41, 5.74) is 1.22. The van der Waals surface area contributed by atoms with Crippen molar-refractivity contribution in [2.75, 3.05) is 0 Å². The quantitative estimate of drug-likeness (QED) is 0.931. The third kappa shape index (κ3) is 2.58. The molecule has 4 nitrogen and oxygen atoms in total. The molecule has 0 fully saturated rings. The summed E-state index contributed by atoms with van der Waals surface area (Å²) in [6.45, 7) is 2.17. The molecule has 1 unspecified atom stereocenters. The summed E-state index contributed by atoms with van der Waals surface area (Å²) in [5.74, 6) is 0.184. The number of carbonyl (C=O) groups is 1. The molecule has 1 heterocycles. The number of carboxylic acid groups (broad SMARTS) is 1. The first-order valence-electron chi connectivity index (χ1n) is 6.31. The second-order valence-corrected chi connectivity index (χ2v) is 5.81. The molecule has 1 aliphatic rings. The molecular weight excluding hydrogens is 274 g/mol. The monoisotopic (exact) mass is 287 g/mol. The number of thiazole rings is 1. The molecule has 1 atom stereocenters. The van der Waals surface area contributed by atoms with Crippen LogP contribution in [0, 0.1) is 5.92 Å². The van der Waals surface area contributed by atoms with Crippen molar-refractivity contribution in [3.8, 4) is 10.9 Å². The van der Waals surface area contributed by atoms with Crippen LogP contribution in [-0.4, -0.2) is 16.1 Å². The molecule has 0 spiro atoms. The van der Waals surface area contributed by atoms with E-state index in [0.29, 0.717) is 16.9 Å². The molecule has 1 aliphatic carbocycles. The Morgan fingerprint density at radius 3 is 2.85 bits per heavy atom. The van der Waals surface area contributed by atoms with Gasteiger partial charge in [0, 0.05) is 4.88 Å². The van der Waals surface area contributed by atoms with Gasteiger partial charge in [-0.25, -0.2) is 9.78 Å². The highest BCUT2D eigenvalue weighted by atomic mass is 32.1. The number of ether oxygens (including phenoxy) is 1. The number of hydrogen-bond donors (Lipinski definition) is 1. The van der Waals surface area contributed by atoms with Gasteiger partial charge < -0.3 is 9.84 Å². The van der Waals surface area contributed by atoms with E-state index in [1.807, 2.05) is 6.08 Å². The highest BCUT2D eigenvalue weighted by Crippen LogP contribution is 2.34. The van der Waals surface area contributed by atoms with Gasteiger partial charge in [-0.15, -0.1) is 0 Å². The number of carboxylic acids is 1. The van der Waals surface area contributed by atoms with Crippen LogP contribution in [0.3, 0.4) is 0 Å². The third-order valence-corrected chi connectivity index (χ3v) is 4.08. The number of benzene rings is 1. The van der Waals surface area contributed by atoms with Crippen molar-refractivity contribution >= 4 is 23.4 Å². The first-order chi connectivity index (χ1) is 9.61. The van der Waals surface area contributed by atoms with Gasteiger partial charge in [0.25, 0.3) is 5.19 Å². The van der Waals surface area contributed by atoms with Crippen LogP contribution in [0.25, 0.3) is 6.08 Å². The highest BCUT2D eigenvalue weighted by molar-refractivity contribution is 7.13. The molecule has 0 amide bonds. The molecular formula is C15H13NO3S. The van der Waals surface area contributed by atoms with E-state index in [0.717, 1.165) is 12.1 Å². The lowest BCUT2D eigenvalue weighted by Gasteiger charge is -2.08. The van der Waals surface area contributed by atoms with Crippen LogP contribution in [0.2, 0.25) is 0 Å². The maximum atomic E-state index is 10.8. The minimum absolute atomic E-state index is 0.243.